The number of rotatable bonds is 4. The monoisotopic (exact) mass is 394 g/mol. The maximum atomic E-state index is 13.2. The van der Waals surface area contributed by atoms with Gasteiger partial charge in [-0.25, -0.2) is 9.97 Å². The number of aliphatic hydroxyl groups is 1. The van der Waals surface area contributed by atoms with Crippen LogP contribution in [0.4, 0.5) is 5.69 Å². The van der Waals surface area contributed by atoms with Crippen LogP contribution in [0.2, 0.25) is 0 Å². The highest BCUT2D eigenvalue weighted by molar-refractivity contribution is 7.25. The number of likely N-dealkylation sites (N-methyl/N-ethyl adjacent to an activating group) is 1. The Morgan fingerprint density at radius 1 is 1.32 bits per heavy atom. The maximum absolute atomic E-state index is 13.2. The number of pyridine rings is 1. The van der Waals surface area contributed by atoms with Crippen molar-refractivity contribution in [3.05, 3.63) is 52.7 Å². The number of thiophene rings is 1. The first-order valence-electron chi connectivity index (χ1n) is 9.04. The van der Waals surface area contributed by atoms with Gasteiger partial charge in [0, 0.05) is 26.2 Å². The third-order valence-corrected chi connectivity index (χ3v) is 6.13. The van der Waals surface area contributed by atoms with E-state index in [9.17, 15) is 9.90 Å². The van der Waals surface area contributed by atoms with Crippen LogP contribution in [0.5, 0.6) is 5.75 Å². The highest BCUT2D eigenvalue weighted by Crippen LogP contribution is 2.35. The van der Waals surface area contributed by atoms with Crippen molar-refractivity contribution in [3.8, 4) is 11.4 Å². The standard InChI is InChI=1S/C20H18N4O3S/c1-23(7-8-25)14-4-6-21-19-16(14)17-18(28-19)20(26)24(11-22-17)13-2-3-15-12(10-13)5-9-27-15/h2-4,6,10-11,25H,5,7-9H2,1H3. The molecule has 1 N–H and O–H groups in total. The van der Waals surface area contributed by atoms with Gasteiger partial charge in [0.05, 0.1) is 30.0 Å². The van der Waals surface area contributed by atoms with Gasteiger partial charge in [-0.3, -0.25) is 9.36 Å². The third kappa shape index (κ3) is 2.56. The summed E-state index contributed by atoms with van der Waals surface area (Å²) in [6.07, 6.45) is 4.15. The number of ether oxygens (including phenoxy) is 1. The minimum atomic E-state index is -0.109. The van der Waals surface area contributed by atoms with E-state index in [0.717, 1.165) is 39.3 Å². The average Bonchev–Trinajstić information content (AvgIpc) is 3.32. The summed E-state index contributed by atoms with van der Waals surface area (Å²) in [5, 5.41) is 10.1. The van der Waals surface area contributed by atoms with Crippen molar-refractivity contribution in [1.82, 2.24) is 14.5 Å². The van der Waals surface area contributed by atoms with Crippen molar-refractivity contribution in [2.24, 2.45) is 0 Å². The molecule has 1 aromatic carbocycles. The summed E-state index contributed by atoms with van der Waals surface area (Å²) in [7, 11) is 1.91. The number of hydrogen-bond acceptors (Lipinski definition) is 7. The van der Waals surface area contributed by atoms with Gasteiger partial charge in [-0.05, 0) is 29.8 Å². The zero-order chi connectivity index (χ0) is 19.3. The molecule has 0 fully saturated rings. The van der Waals surface area contributed by atoms with Gasteiger partial charge in [0.25, 0.3) is 5.56 Å². The lowest BCUT2D eigenvalue weighted by molar-refractivity contribution is 0.304. The topological polar surface area (TPSA) is 80.5 Å². The average molecular weight is 394 g/mol. The SMILES string of the molecule is CN(CCO)c1ccnc2sc3c(=O)n(-c4ccc5c(c4)CCO5)cnc3c12. The van der Waals surface area contributed by atoms with E-state index in [4.69, 9.17) is 4.74 Å². The van der Waals surface area contributed by atoms with Crippen molar-refractivity contribution < 1.29 is 9.84 Å². The Bertz CT molecular complexity index is 1260. The molecule has 4 heterocycles. The molecular formula is C20H18N4O3S. The lowest BCUT2D eigenvalue weighted by Crippen LogP contribution is -2.21. The molecule has 7 nitrogen and oxygen atoms in total. The number of hydrogen-bond donors (Lipinski definition) is 1. The highest BCUT2D eigenvalue weighted by Gasteiger charge is 2.19. The Morgan fingerprint density at radius 2 is 2.21 bits per heavy atom. The van der Waals surface area contributed by atoms with Crippen LogP contribution in [-0.2, 0) is 6.42 Å². The van der Waals surface area contributed by atoms with Crippen molar-refractivity contribution in [3.63, 3.8) is 0 Å². The number of nitrogens with zero attached hydrogens (tertiary/aromatic N) is 4. The normalized spacial score (nSPS) is 13.1. The van der Waals surface area contributed by atoms with Crippen molar-refractivity contribution in [2.45, 2.75) is 6.42 Å². The fraction of sp³-hybridized carbons (Fsp3) is 0.250. The molecule has 5 rings (SSSR count). The van der Waals surface area contributed by atoms with E-state index in [0.29, 0.717) is 23.4 Å². The van der Waals surface area contributed by atoms with E-state index in [1.54, 1.807) is 17.1 Å². The maximum Gasteiger partial charge on any atom is 0.275 e. The second kappa shape index (κ2) is 6.57. The molecule has 0 aliphatic carbocycles. The van der Waals surface area contributed by atoms with Crippen LogP contribution in [0.3, 0.4) is 0 Å². The van der Waals surface area contributed by atoms with Crippen LogP contribution in [0.25, 0.3) is 26.1 Å². The molecule has 0 bridgehead atoms. The summed E-state index contributed by atoms with van der Waals surface area (Å²) in [6.45, 7) is 1.21. The first-order chi connectivity index (χ1) is 13.7. The second-order valence-electron chi connectivity index (χ2n) is 6.75. The fourth-order valence-corrected chi connectivity index (χ4v) is 4.68. The van der Waals surface area contributed by atoms with E-state index in [1.165, 1.54) is 11.3 Å². The smallest absolute Gasteiger partial charge is 0.275 e. The molecule has 0 amide bonds. The zero-order valence-electron chi connectivity index (χ0n) is 15.3. The Morgan fingerprint density at radius 3 is 3.07 bits per heavy atom. The Balaban J connectivity index is 1.71. The number of aromatic nitrogens is 3. The Kier molecular flexibility index (Phi) is 4.03. The van der Waals surface area contributed by atoms with Crippen LogP contribution < -0.4 is 15.2 Å². The summed E-state index contributed by atoms with van der Waals surface area (Å²) >= 11 is 1.35. The van der Waals surface area contributed by atoms with Crippen LogP contribution in [0.15, 0.2) is 41.6 Å². The lowest BCUT2D eigenvalue weighted by atomic mass is 10.1. The summed E-state index contributed by atoms with van der Waals surface area (Å²) < 4.78 is 7.71. The second-order valence-corrected chi connectivity index (χ2v) is 7.74. The van der Waals surface area contributed by atoms with Crippen LogP contribution in [0, 0.1) is 0 Å². The molecule has 3 aromatic heterocycles. The molecule has 1 aliphatic heterocycles. The van der Waals surface area contributed by atoms with Crippen molar-refractivity contribution in [2.75, 3.05) is 31.7 Å². The number of aliphatic hydroxyl groups excluding tert-OH is 1. The summed E-state index contributed by atoms with van der Waals surface area (Å²) in [5.74, 6) is 0.883. The third-order valence-electron chi connectivity index (χ3n) is 5.06. The summed E-state index contributed by atoms with van der Waals surface area (Å²) in [6, 6.07) is 7.66. The fourth-order valence-electron chi connectivity index (χ4n) is 3.63. The zero-order valence-corrected chi connectivity index (χ0v) is 16.1. The minimum absolute atomic E-state index is 0.0463. The molecule has 1 aliphatic rings. The predicted octanol–water partition coefficient (Wildman–Crippen LogP) is 2.36. The summed E-state index contributed by atoms with van der Waals surface area (Å²) in [5.41, 5.74) is 3.34. The van der Waals surface area contributed by atoms with Crippen LogP contribution in [-0.4, -0.2) is 46.4 Å². The quantitative estimate of drug-likeness (QED) is 0.572. The molecule has 28 heavy (non-hydrogen) atoms. The van der Waals surface area contributed by atoms with Gasteiger partial charge in [0.15, 0.2) is 0 Å². The molecule has 0 unspecified atom stereocenters. The first-order valence-corrected chi connectivity index (χ1v) is 9.86. The van der Waals surface area contributed by atoms with Gasteiger partial charge in [-0.1, -0.05) is 0 Å². The van der Waals surface area contributed by atoms with Crippen molar-refractivity contribution in [1.29, 1.82) is 0 Å². The molecule has 8 heteroatoms. The first kappa shape index (κ1) is 17.2. The van der Waals surface area contributed by atoms with E-state index >= 15 is 0 Å². The summed E-state index contributed by atoms with van der Waals surface area (Å²) in [4.78, 5) is 25.0. The predicted molar refractivity (Wildman–Crippen MR) is 110 cm³/mol. The molecule has 0 atom stereocenters. The number of anilines is 1. The van der Waals surface area contributed by atoms with Gasteiger partial charge in [-0.2, -0.15) is 0 Å². The van der Waals surface area contributed by atoms with E-state index in [-0.39, 0.29) is 12.2 Å². The van der Waals surface area contributed by atoms with Gasteiger partial charge in [-0.15, -0.1) is 11.3 Å². The molecule has 4 aromatic rings. The van der Waals surface area contributed by atoms with Gasteiger partial charge >= 0.3 is 0 Å². The van der Waals surface area contributed by atoms with Gasteiger partial charge in [0.2, 0.25) is 0 Å². The van der Waals surface area contributed by atoms with Gasteiger partial charge < -0.3 is 14.7 Å². The Labute approximate surface area is 164 Å². The van der Waals surface area contributed by atoms with E-state index in [2.05, 4.69) is 9.97 Å². The molecule has 0 saturated heterocycles. The lowest BCUT2D eigenvalue weighted by Gasteiger charge is -2.18. The molecule has 142 valence electrons. The van der Waals surface area contributed by atoms with Crippen molar-refractivity contribution >= 4 is 37.5 Å². The number of fused-ring (bicyclic) bond motifs is 4. The van der Waals surface area contributed by atoms with E-state index < -0.39 is 0 Å². The molecule has 0 radical (unpaired) electrons. The minimum Gasteiger partial charge on any atom is -0.493 e. The Hall–Kier alpha value is -2.97. The van der Waals surface area contributed by atoms with Crippen LogP contribution in [0.1, 0.15) is 5.56 Å². The van der Waals surface area contributed by atoms with Gasteiger partial charge in [0.1, 0.15) is 27.1 Å². The molecule has 0 spiro atoms. The highest BCUT2D eigenvalue weighted by atomic mass is 32.1. The number of benzene rings is 1. The van der Waals surface area contributed by atoms with E-state index in [1.807, 2.05) is 36.2 Å². The largest absolute Gasteiger partial charge is 0.493 e. The van der Waals surface area contributed by atoms with Crippen LogP contribution >= 0.6 is 11.3 Å². The molecular weight excluding hydrogens is 376 g/mol. The molecule has 0 saturated carbocycles.